The fourth-order valence-electron chi connectivity index (χ4n) is 4.16. The minimum Gasteiger partial charge on any atom is -0.444 e. The Bertz CT molecular complexity index is 1020. The fraction of sp³-hybridized carbons (Fsp3) is 0.556. The van der Waals surface area contributed by atoms with Gasteiger partial charge in [0.2, 0.25) is 11.8 Å². The van der Waals surface area contributed by atoms with Crippen molar-refractivity contribution >= 4 is 23.8 Å². The Hall–Kier alpha value is -3.54. The number of amides is 4. The Morgan fingerprint density at radius 3 is 2.31 bits per heavy atom. The second-order valence-corrected chi connectivity index (χ2v) is 10.3. The molecule has 1 aliphatic rings. The highest BCUT2D eigenvalue weighted by atomic mass is 16.6. The Labute approximate surface area is 213 Å². The van der Waals surface area contributed by atoms with E-state index in [4.69, 9.17) is 16.9 Å². The number of terminal acetylenes is 1. The van der Waals surface area contributed by atoms with Crippen molar-refractivity contribution in [1.29, 1.82) is 0 Å². The first-order chi connectivity index (χ1) is 16.8. The van der Waals surface area contributed by atoms with Crippen molar-refractivity contribution < 1.29 is 23.9 Å². The Morgan fingerprint density at radius 1 is 1.14 bits per heavy atom. The SMILES string of the molecule is C#CN(C(=O)C(CC(N)=O)NC(=O)OC(C)(C)C)C(C(=O)NC1CCCCC1)c1ccc(C)c(C)c1. The van der Waals surface area contributed by atoms with E-state index < -0.39 is 47.9 Å². The summed E-state index contributed by atoms with van der Waals surface area (Å²) in [6, 6.07) is 5.12. The third-order valence-corrected chi connectivity index (χ3v) is 6.08. The first-order valence-corrected chi connectivity index (χ1v) is 12.3. The van der Waals surface area contributed by atoms with Gasteiger partial charge in [-0.3, -0.25) is 19.3 Å². The minimum atomic E-state index is -1.41. The number of carbonyl (C=O) groups excluding carboxylic acids is 4. The lowest BCUT2D eigenvalue weighted by molar-refractivity contribution is -0.139. The Balaban J connectivity index is 2.42. The lowest BCUT2D eigenvalue weighted by Gasteiger charge is -2.32. The molecular formula is C27H38N4O5. The number of nitrogens with zero attached hydrogens (tertiary/aromatic N) is 1. The molecular weight excluding hydrogens is 460 g/mol. The summed E-state index contributed by atoms with van der Waals surface area (Å²) in [6.07, 6.45) is 9.18. The molecule has 0 aliphatic heterocycles. The number of rotatable bonds is 8. The third-order valence-electron chi connectivity index (χ3n) is 6.08. The minimum absolute atomic E-state index is 0.0173. The summed E-state index contributed by atoms with van der Waals surface area (Å²) in [7, 11) is 0. The summed E-state index contributed by atoms with van der Waals surface area (Å²) < 4.78 is 5.23. The predicted octanol–water partition coefficient (Wildman–Crippen LogP) is 2.98. The van der Waals surface area contributed by atoms with Gasteiger partial charge in [-0.05, 0) is 64.2 Å². The molecule has 1 aliphatic carbocycles. The van der Waals surface area contributed by atoms with E-state index in [2.05, 4.69) is 16.7 Å². The molecule has 196 valence electrons. The second kappa shape index (κ2) is 12.4. The molecule has 0 saturated heterocycles. The van der Waals surface area contributed by atoms with Crippen molar-refractivity contribution in [3.63, 3.8) is 0 Å². The van der Waals surface area contributed by atoms with Crippen molar-refractivity contribution in [3.05, 3.63) is 34.9 Å². The number of primary amides is 1. The number of benzene rings is 1. The van der Waals surface area contributed by atoms with Crippen molar-refractivity contribution in [2.45, 2.75) is 96.9 Å². The summed E-state index contributed by atoms with van der Waals surface area (Å²) in [6.45, 7) is 8.83. The molecule has 4 amide bonds. The standard InChI is InChI=1S/C27H38N4O5/c1-7-31(25(34)21(16-22(28)32)30-26(35)36-27(4,5)6)23(19-14-13-17(2)18(3)15-19)24(33)29-20-11-9-8-10-12-20/h1,13-15,20-21,23H,8-12,16H2,2-6H3,(H2,28,32)(H,29,33)(H,30,35). The van der Waals surface area contributed by atoms with Crippen LogP contribution in [0.2, 0.25) is 0 Å². The highest BCUT2D eigenvalue weighted by Gasteiger charge is 2.37. The molecule has 0 spiro atoms. The highest BCUT2D eigenvalue weighted by molar-refractivity contribution is 5.95. The van der Waals surface area contributed by atoms with Gasteiger partial charge in [-0.1, -0.05) is 43.9 Å². The lowest BCUT2D eigenvalue weighted by Crippen LogP contribution is -2.53. The summed E-state index contributed by atoms with van der Waals surface area (Å²) in [5, 5.41) is 5.43. The molecule has 0 heterocycles. The molecule has 1 saturated carbocycles. The monoisotopic (exact) mass is 498 g/mol. The smallest absolute Gasteiger partial charge is 0.408 e. The number of hydrogen-bond donors (Lipinski definition) is 3. The molecule has 4 N–H and O–H groups in total. The quantitative estimate of drug-likeness (QED) is 0.375. The van der Waals surface area contributed by atoms with Crippen LogP contribution in [0.15, 0.2) is 18.2 Å². The molecule has 36 heavy (non-hydrogen) atoms. The fourth-order valence-corrected chi connectivity index (χ4v) is 4.16. The van der Waals surface area contributed by atoms with Gasteiger partial charge in [0.05, 0.1) is 6.42 Å². The number of alkyl carbamates (subject to hydrolysis) is 1. The molecule has 2 rings (SSSR count). The number of aryl methyl sites for hydroxylation is 2. The molecule has 0 aromatic heterocycles. The highest BCUT2D eigenvalue weighted by Crippen LogP contribution is 2.26. The van der Waals surface area contributed by atoms with Crippen LogP contribution in [0.5, 0.6) is 0 Å². The van der Waals surface area contributed by atoms with Gasteiger partial charge in [-0.2, -0.15) is 0 Å². The molecule has 9 heteroatoms. The van der Waals surface area contributed by atoms with Crippen molar-refractivity contribution in [1.82, 2.24) is 15.5 Å². The van der Waals surface area contributed by atoms with Gasteiger partial charge in [0.1, 0.15) is 17.7 Å². The molecule has 2 unspecified atom stereocenters. The average molecular weight is 499 g/mol. The molecule has 0 bridgehead atoms. The number of ether oxygens (including phenoxy) is 1. The Kier molecular flexibility index (Phi) is 9.91. The summed E-state index contributed by atoms with van der Waals surface area (Å²) in [5.41, 5.74) is 6.98. The van der Waals surface area contributed by atoms with E-state index >= 15 is 0 Å². The van der Waals surface area contributed by atoms with E-state index in [1.807, 2.05) is 26.0 Å². The largest absolute Gasteiger partial charge is 0.444 e. The molecule has 1 fully saturated rings. The van der Waals surface area contributed by atoms with E-state index in [0.717, 1.165) is 48.1 Å². The average Bonchev–Trinajstić information content (AvgIpc) is 2.77. The first-order valence-electron chi connectivity index (χ1n) is 12.3. The van der Waals surface area contributed by atoms with Crippen LogP contribution in [0, 0.1) is 26.3 Å². The van der Waals surface area contributed by atoms with Crippen LogP contribution < -0.4 is 16.4 Å². The van der Waals surface area contributed by atoms with Crippen molar-refractivity contribution in [3.8, 4) is 12.5 Å². The third kappa shape index (κ3) is 8.29. The zero-order valence-corrected chi connectivity index (χ0v) is 21.8. The zero-order valence-electron chi connectivity index (χ0n) is 21.8. The van der Waals surface area contributed by atoms with Gasteiger partial charge in [0.25, 0.3) is 5.91 Å². The van der Waals surface area contributed by atoms with E-state index in [-0.39, 0.29) is 6.04 Å². The predicted molar refractivity (Wildman–Crippen MR) is 136 cm³/mol. The molecule has 9 nitrogen and oxygen atoms in total. The van der Waals surface area contributed by atoms with Crippen LogP contribution in [0.3, 0.4) is 0 Å². The van der Waals surface area contributed by atoms with Crippen LogP contribution in [0.4, 0.5) is 4.79 Å². The van der Waals surface area contributed by atoms with Crippen LogP contribution in [-0.4, -0.2) is 46.4 Å². The summed E-state index contributed by atoms with van der Waals surface area (Å²) in [5.74, 6) is -2.06. The molecule has 1 aromatic rings. The van der Waals surface area contributed by atoms with Gasteiger partial charge in [0, 0.05) is 12.1 Å². The zero-order chi connectivity index (χ0) is 27.0. The van der Waals surface area contributed by atoms with Gasteiger partial charge < -0.3 is 21.1 Å². The van der Waals surface area contributed by atoms with E-state index in [0.29, 0.717) is 5.56 Å². The van der Waals surface area contributed by atoms with Gasteiger partial charge in [-0.15, -0.1) is 0 Å². The maximum Gasteiger partial charge on any atom is 0.408 e. The van der Waals surface area contributed by atoms with E-state index in [1.54, 1.807) is 26.8 Å². The van der Waals surface area contributed by atoms with E-state index in [9.17, 15) is 19.2 Å². The maximum absolute atomic E-state index is 13.6. The number of nitrogens with one attached hydrogen (secondary N) is 2. The summed E-state index contributed by atoms with van der Waals surface area (Å²) in [4.78, 5) is 52.2. The van der Waals surface area contributed by atoms with Gasteiger partial charge >= 0.3 is 6.09 Å². The van der Waals surface area contributed by atoms with Crippen LogP contribution in [0.1, 0.15) is 82.0 Å². The van der Waals surface area contributed by atoms with Crippen LogP contribution >= 0.6 is 0 Å². The number of carbonyl (C=O) groups is 4. The van der Waals surface area contributed by atoms with Crippen molar-refractivity contribution in [2.75, 3.05) is 0 Å². The van der Waals surface area contributed by atoms with Gasteiger partial charge in [0.15, 0.2) is 0 Å². The number of hydrogen-bond acceptors (Lipinski definition) is 5. The van der Waals surface area contributed by atoms with Crippen molar-refractivity contribution in [2.24, 2.45) is 5.73 Å². The molecule has 0 radical (unpaired) electrons. The number of nitrogens with two attached hydrogens (primary N) is 1. The summed E-state index contributed by atoms with van der Waals surface area (Å²) >= 11 is 0. The normalized spacial score (nSPS) is 15.7. The van der Waals surface area contributed by atoms with Gasteiger partial charge in [-0.25, -0.2) is 4.79 Å². The first kappa shape index (κ1) is 28.7. The van der Waals surface area contributed by atoms with Crippen LogP contribution in [0.25, 0.3) is 0 Å². The second-order valence-electron chi connectivity index (χ2n) is 10.3. The molecule has 1 aromatic carbocycles. The van der Waals surface area contributed by atoms with Crippen LogP contribution in [-0.2, 0) is 19.1 Å². The molecule has 2 atom stereocenters. The Morgan fingerprint density at radius 2 is 1.78 bits per heavy atom. The van der Waals surface area contributed by atoms with E-state index in [1.165, 1.54) is 0 Å². The maximum atomic E-state index is 13.6. The lowest BCUT2D eigenvalue weighted by atomic mass is 9.94. The topological polar surface area (TPSA) is 131 Å².